The highest BCUT2D eigenvalue weighted by molar-refractivity contribution is 5.89. The third-order valence-electron chi connectivity index (χ3n) is 4.24. The van der Waals surface area contributed by atoms with E-state index in [0.29, 0.717) is 12.2 Å². The topological polar surface area (TPSA) is 53.6 Å². The van der Waals surface area contributed by atoms with Crippen LogP contribution < -0.4 is 15.4 Å². The summed E-state index contributed by atoms with van der Waals surface area (Å²) in [5.74, 6) is 0.797. The summed E-state index contributed by atoms with van der Waals surface area (Å²) in [5, 5.41) is 5.40. The second kappa shape index (κ2) is 10.2. The first-order chi connectivity index (χ1) is 12.0. The van der Waals surface area contributed by atoms with Gasteiger partial charge in [0, 0.05) is 24.8 Å². The van der Waals surface area contributed by atoms with Crippen molar-refractivity contribution in [2.24, 2.45) is 5.92 Å². The van der Waals surface area contributed by atoms with Crippen molar-refractivity contribution in [1.82, 2.24) is 10.2 Å². The molecule has 0 saturated carbocycles. The summed E-state index contributed by atoms with van der Waals surface area (Å²) in [6, 6.07) is 5.60. The van der Waals surface area contributed by atoms with Gasteiger partial charge in [0.1, 0.15) is 5.75 Å². The molecule has 1 aromatic rings. The molecular formula is C18H27F2N3O2. The van der Waals surface area contributed by atoms with Crippen LogP contribution in [0.2, 0.25) is 0 Å². The number of hydrogen-bond acceptors (Lipinski definition) is 3. The molecule has 1 aromatic carbocycles. The zero-order chi connectivity index (χ0) is 18.1. The summed E-state index contributed by atoms with van der Waals surface area (Å²) in [6.45, 7) is 3.41. The molecule has 0 spiro atoms. The van der Waals surface area contributed by atoms with E-state index in [1.165, 1.54) is 38.1 Å². The number of benzene rings is 1. The summed E-state index contributed by atoms with van der Waals surface area (Å²) >= 11 is 0. The Hall–Kier alpha value is -1.89. The van der Waals surface area contributed by atoms with Gasteiger partial charge in [0.2, 0.25) is 0 Å². The Morgan fingerprint density at radius 1 is 1.40 bits per heavy atom. The van der Waals surface area contributed by atoms with Crippen molar-refractivity contribution in [3.8, 4) is 5.75 Å². The molecule has 1 saturated heterocycles. The van der Waals surface area contributed by atoms with Crippen molar-refractivity contribution in [3.63, 3.8) is 0 Å². The highest BCUT2D eigenvalue weighted by atomic mass is 19.3. The number of halogens is 2. The lowest BCUT2D eigenvalue weighted by Gasteiger charge is -2.30. The van der Waals surface area contributed by atoms with E-state index in [2.05, 4.69) is 27.2 Å². The van der Waals surface area contributed by atoms with Crippen LogP contribution in [-0.2, 0) is 0 Å². The molecule has 1 atom stereocenters. The molecule has 0 radical (unpaired) electrons. The number of carbonyl (C=O) groups excluding carboxylic acids is 1. The van der Waals surface area contributed by atoms with Gasteiger partial charge in [-0.2, -0.15) is 8.78 Å². The number of piperidine rings is 1. The van der Waals surface area contributed by atoms with Gasteiger partial charge in [-0.1, -0.05) is 13.0 Å². The van der Waals surface area contributed by atoms with Crippen molar-refractivity contribution >= 4 is 11.7 Å². The Bertz CT molecular complexity index is 543. The molecule has 140 valence electrons. The predicted octanol–water partition coefficient (Wildman–Crippen LogP) is 3.92. The number of likely N-dealkylation sites (tertiary alicyclic amines) is 1. The van der Waals surface area contributed by atoms with Gasteiger partial charge in [-0.05, 0) is 56.8 Å². The maximum absolute atomic E-state index is 12.2. The standard InChI is InChI=1S/C18H27F2N3O2/c1-14-6-5-11-23(13-14)10-3-2-9-21-18(24)22-15-7-4-8-16(12-15)25-17(19)20/h4,7-8,12,14,17H,2-3,5-6,9-11,13H2,1H3,(H2,21,22,24)/t14-/m0/s1. The van der Waals surface area contributed by atoms with Crippen molar-refractivity contribution in [2.45, 2.75) is 39.2 Å². The summed E-state index contributed by atoms with van der Waals surface area (Å²) in [6.07, 6.45) is 4.55. The quantitative estimate of drug-likeness (QED) is 0.695. The minimum absolute atomic E-state index is 0.0172. The largest absolute Gasteiger partial charge is 0.435 e. The van der Waals surface area contributed by atoms with E-state index in [1.807, 2.05) is 0 Å². The molecule has 5 nitrogen and oxygen atoms in total. The van der Waals surface area contributed by atoms with Gasteiger partial charge < -0.3 is 20.3 Å². The van der Waals surface area contributed by atoms with Crippen LogP contribution in [0, 0.1) is 5.92 Å². The first-order valence-corrected chi connectivity index (χ1v) is 8.85. The van der Waals surface area contributed by atoms with E-state index < -0.39 is 6.61 Å². The first kappa shape index (κ1) is 19.4. The zero-order valence-corrected chi connectivity index (χ0v) is 14.6. The summed E-state index contributed by atoms with van der Waals surface area (Å²) in [5.41, 5.74) is 0.415. The predicted molar refractivity (Wildman–Crippen MR) is 94.2 cm³/mol. The van der Waals surface area contributed by atoms with Gasteiger partial charge in [-0.15, -0.1) is 0 Å². The molecule has 0 unspecified atom stereocenters. The van der Waals surface area contributed by atoms with Crippen LogP contribution in [-0.4, -0.2) is 43.7 Å². The average molecular weight is 355 g/mol. The fraction of sp³-hybridized carbons (Fsp3) is 0.611. The number of amides is 2. The van der Waals surface area contributed by atoms with Crippen LogP contribution >= 0.6 is 0 Å². The van der Waals surface area contributed by atoms with Gasteiger partial charge in [-0.3, -0.25) is 0 Å². The molecule has 0 bridgehead atoms. The van der Waals surface area contributed by atoms with Gasteiger partial charge >= 0.3 is 12.6 Å². The minimum atomic E-state index is -2.88. The summed E-state index contributed by atoms with van der Waals surface area (Å²) in [7, 11) is 0. The van der Waals surface area contributed by atoms with Crippen LogP contribution in [0.15, 0.2) is 24.3 Å². The molecule has 2 amide bonds. The number of hydrogen-bond donors (Lipinski definition) is 2. The second-order valence-electron chi connectivity index (χ2n) is 6.54. The molecule has 7 heteroatoms. The van der Waals surface area contributed by atoms with E-state index in [0.717, 1.165) is 25.3 Å². The Labute approximate surface area is 147 Å². The van der Waals surface area contributed by atoms with Crippen LogP contribution in [0.1, 0.15) is 32.6 Å². The lowest BCUT2D eigenvalue weighted by molar-refractivity contribution is -0.0497. The highest BCUT2D eigenvalue weighted by Crippen LogP contribution is 2.19. The lowest BCUT2D eigenvalue weighted by atomic mass is 10.0. The van der Waals surface area contributed by atoms with E-state index in [4.69, 9.17) is 0 Å². The van der Waals surface area contributed by atoms with Crippen LogP contribution in [0.5, 0.6) is 5.75 Å². The Balaban J connectivity index is 1.60. The van der Waals surface area contributed by atoms with Crippen molar-refractivity contribution in [1.29, 1.82) is 0 Å². The number of anilines is 1. The Morgan fingerprint density at radius 3 is 3.00 bits per heavy atom. The number of nitrogens with one attached hydrogen (secondary N) is 2. The van der Waals surface area contributed by atoms with Gasteiger partial charge in [0.25, 0.3) is 0 Å². The maximum atomic E-state index is 12.2. The highest BCUT2D eigenvalue weighted by Gasteiger charge is 2.15. The number of rotatable bonds is 8. The van der Waals surface area contributed by atoms with Crippen LogP contribution in [0.25, 0.3) is 0 Å². The van der Waals surface area contributed by atoms with Crippen LogP contribution in [0.4, 0.5) is 19.3 Å². The van der Waals surface area contributed by atoms with E-state index in [1.54, 1.807) is 12.1 Å². The average Bonchev–Trinajstić information content (AvgIpc) is 2.54. The van der Waals surface area contributed by atoms with E-state index >= 15 is 0 Å². The molecule has 25 heavy (non-hydrogen) atoms. The molecule has 2 rings (SSSR count). The number of unbranched alkanes of at least 4 members (excludes halogenated alkanes) is 1. The van der Waals surface area contributed by atoms with Gasteiger partial charge in [-0.25, -0.2) is 4.79 Å². The third kappa shape index (κ3) is 7.69. The Kier molecular flexibility index (Phi) is 7.91. The molecule has 1 aliphatic heterocycles. The third-order valence-corrected chi connectivity index (χ3v) is 4.24. The molecule has 1 heterocycles. The fourth-order valence-electron chi connectivity index (χ4n) is 3.08. The maximum Gasteiger partial charge on any atom is 0.387 e. The number of nitrogens with zero attached hydrogens (tertiary/aromatic N) is 1. The monoisotopic (exact) mass is 355 g/mol. The van der Waals surface area contributed by atoms with Crippen LogP contribution in [0.3, 0.4) is 0 Å². The van der Waals surface area contributed by atoms with Crippen molar-refractivity contribution in [2.75, 3.05) is 31.5 Å². The molecule has 1 aliphatic rings. The first-order valence-electron chi connectivity index (χ1n) is 8.85. The molecule has 1 fully saturated rings. The number of ether oxygens (including phenoxy) is 1. The molecular weight excluding hydrogens is 328 g/mol. The van der Waals surface area contributed by atoms with Crippen molar-refractivity contribution < 1.29 is 18.3 Å². The minimum Gasteiger partial charge on any atom is -0.435 e. The smallest absolute Gasteiger partial charge is 0.387 e. The lowest BCUT2D eigenvalue weighted by Crippen LogP contribution is -2.35. The van der Waals surface area contributed by atoms with Gasteiger partial charge in [0.15, 0.2) is 0 Å². The summed E-state index contributed by atoms with van der Waals surface area (Å²) < 4.78 is 28.7. The number of carbonyl (C=O) groups is 1. The second-order valence-corrected chi connectivity index (χ2v) is 6.54. The SMILES string of the molecule is C[C@H]1CCCN(CCCCNC(=O)Nc2cccc(OC(F)F)c2)C1. The van der Waals surface area contributed by atoms with Gasteiger partial charge in [0.05, 0.1) is 0 Å². The zero-order valence-electron chi connectivity index (χ0n) is 14.6. The normalized spacial score (nSPS) is 18.2. The number of urea groups is 1. The molecule has 0 aromatic heterocycles. The fourth-order valence-corrected chi connectivity index (χ4v) is 3.08. The molecule has 2 N–H and O–H groups in total. The Morgan fingerprint density at radius 2 is 2.24 bits per heavy atom. The van der Waals surface area contributed by atoms with E-state index in [9.17, 15) is 13.6 Å². The summed E-state index contributed by atoms with van der Waals surface area (Å²) in [4.78, 5) is 14.3. The molecule has 0 aliphatic carbocycles. The number of alkyl halides is 2. The van der Waals surface area contributed by atoms with Crippen molar-refractivity contribution in [3.05, 3.63) is 24.3 Å². The van der Waals surface area contributed by atoms with E-state index in [-0.39, 0.29) is 11.8 Å².